The third kappa shape index (κ3) is 5.30. The minimum absolute atomic E-state index is 0.0195. The van der Waals surface area contributed by atoms with Crippen molar-refractivity contribution in [1.82, 2.24) is 10.6 Å². The first-order chi connectivity index (χ1) is 14.5. The number of anilines is 2. The second kappa shape index (κ2) is 8.62. The third-order valence-electron chi connectivity index (χ3n) is 4.60. The maximum absolute atomic E-state index is 14.2. The SMILES string of the molecule is Cc1c(F)cc(C(=O)NCC(F)(F)F)cc1NC(=O)c1ccc(N2CCNC2=O)cc1. The average Bonchev–Trinajstić information content (AvgIpc) is 3.14. The highest BCUT2D eigenvalue weighted by atomic mass is 19.4. The van der Waals surface area contributed by atoms with Crippen molar-refractivity contribution in [3.8, 4) is 0 Å². The van der Waals surface area contributed by atoms with Crippen molar-refractivity contribution >= 4 is 29.2 Å². The lowest BCUT2D eigenvalue weighted by atomic mass is 10.1. The van der Waals surface area contributed by atoms with Crippen molar-refractivity contribution in [2.45, 2.75) is 13.1 Å². The number of amides is 4. The number of nitrogens with zero attached hydrogens (tertiary/aromatic N) is 1. The second-order valence-electron chi connectivity index (χ2n) is 6.81. The molecule has 0 aliphatic carbocycles. The topological polar surface area (TPSA) is 90.5 Å². The minimum atomic E-state index is -4.61. The molecule has 4 amide bonds. The molecule has 1 heterocycles. The van der Waals surface area contributed by atoms with Gasteiger partial charge in [-0.25, -0.2) is 9.18 Å². The largest absolute Gasteiger partial charge is 0.405 e. The summed E-state index contributed by atoms with van der Waals surface area (Å²) in [6.45, 7) is 0.798. The highest BCUT2D eigenvalue weighted by Crippen LogP contribution is 2.23. The number of carbonyl (C=O) groups is 3. The van der Waals surface area contributed by atoms with Gasteiger partial charge in [0.05, 0.1) is 0 Å². The number of urea groups is 1. The van der Waals surface area contributed by atoms with Crippen LogP contribution < -0.4 is 20.9 Å². The maximum atomic E-state index is 14.2. The van der Waals surface area contributed by atoms with Crippen LogP contribution in [0.5, 0.6) is 0 Å². The fraction of sp³-hybridized carbons (Fsp3) is 0.250. The van der Waals surface area contributed by atoms with Gasteiger partial charge in [-0.15, -0.1) is 0 Å². The Labute approximate surface area is 174 Å². The monoisotopic (exact) mass is 438 g/mol. The third-order valence-corrected chi connectivity index (χ3v) is 4.60. The van der Waals surface area contributed by atoms with Crippen LogP contribution in [0, 0.1) is 12.7 Å². The summed E-state index contributed by atoms with van der Waals surface area (Å²) in [7, 11) is 0. The van der Waals surface area contributed by atoms with Crippen LogP contribution in [0.4, 0.5) is 33.7 Å². The van der Waals surface area contributed by atoms with Gasteiger partial charge in [-0.05, 0) is 43.3 Å². The van der Waals surface area contributed by atoms with E-state index in [0.29, 0.717) is 18.8 Å². The summed E-state index contributed by atoms with van der Waals surface area (Å²) in [5, 5.41) is 6.77. The van der Waals surface area contributed by atoms with Gasteiger partial charge >= 0.3 is 12.2 Å². The molecule has 0 radical (unpaired) electrons. The standard InChI is InChI=1S/C20H18F4N4O3/c1-11-15(21)8-13(17(29)26-10-20(22,23)24)9-16(11)27-18(30)12-2-4-14(5-3-12)28-7-6-25-19(28)31/h2-5,8-9H,6-7,10H2,1H3,(H,25,31)(H,26,29)(H,27,30). The Balaban J connectivity index is 1.75. The van der Waals surface area contributed by atoms with Crippen molar-refractivity contribution < 1.29 is 31.9 Å². The number of carbonyl (C=O) groups excluding carboxylic acids is 3. The molecule has 1 fully saturated rings. The zero-order chi connectivity index (χ0) is 22.8. The van der Waals surface area contributed by atoms with Crippen LogP contribution in [0.1, 0.15) is 26.3 Å². The smallest absolute Gasteiger partial charge is 0.343 e. The van der Waals surface area contributed by atoms with Gasteiger partial charge in [0.2, 0.25) is 0 Å². The van der Waals surface area contributed by atoms with E-state index in [2.05, 4.69) is 10.6 Å². The summed E-state index contributed by atoms with van der Waals surface area (Å²) in [5.74, 6) is -2.60. The predicted molar refractivity (Wildman–Crippen MR) is 105 cm³/mol. The number of rotatable bonds is 5. The summed E-state index contributed by atoms with van der Waals surface area (Å²) >= 11 is 0. The fourth-order valence-electron chi connectivity index (χ4n) is 2.93. The molecule has 11 heteroatoms. The summed E-state index contributed by atoms with van der Waals surface area (Å²) in [6, 6.07) is 7.76. The molecular formula is C20H18F4N4O3. The Hall–Kier alpha value is -3.63. The number of halogens is 4. The quantitative estimate of drug-likeness (QED) is 0.627. The highest BCUT2D eigenvalue weighted by Gasteiger charge is 2.28. The zero-order valence-electron chi connectivity index (χ0n) is 16.3. The van der Waals surface area contributed by atoms with Gasteiger partial charge in [-0.1, -0.05) is 0 Å². The fourth-order valence-corrected chi connectivity index (χ4v) is 2.93. The molecule has 31 heavy (non-hydrogen) atoms. The molecule has 0 atom stereocenters. The molecule has 1 aliphatic rings. The van der Waals surface area contributed by atoms with Gasteiger partial charge in [0.15, 0.2) is 0 Å². The lowest BCUT2D eigenvalue weighted by molar-refractivity contribution is -0.123. The number of hydrogen-bond donors (Lipinski definition) is 3. The summed E-state index contributed by atoms with van der Waals surface area (Å²) in [4.78, 5) is 37.7. The predicted octanol–water partition coefficient (Wildman–Crippen LogP) is 3.21. The molecule has 2 aromatic carbocycles. The molecule has 3 N–H and O–H groups in total. The molecule has 1 aliphatic heterocycles. The summed E-state index contributed by atoms with van der Waals surface area (Å²) in [6.07, 6.45) is -4.61. The number of benzene rings is 2. The van der Waals surface area contributed by atoms with Crippen molar-refractivity contribution in [2.75, 3.05) is 29.9 Å². The van der Waals surface area contributed by atoms with Crippen LogP contribution in [-0.2, 0) is 0 Å². The molecule has 164 valence electrons. The molecule has 0 saturated carbocycles. The van der Waals surface area contributed by atoms with E-state index >= 15 is 0 Å². The van der Waals surface area contributed by atoms with Gasteiger partial charge in [0.25, 0.3) is 11.8 Å². The van der Waals surface area contributed by atoms with Crippen molar-refractivity contribution in [3.05, 3.63) is 58.9 Å². The van der Waals surface area contributed by atoms with Gasteiger partial charge in [0.1, 0.15) is 12.4 Å². The Morgan fingerprint density at radius 1 is 1.10 bits per heavy atom. The first kappa shape index (κ1) is 22.1. The lowest BCUT2D eigenvalue weighted by Gasteiger charge is -2.15. The van der Waals surface area contributed by atoms with Crippen molar-refractivity contribution in [2.24, 2.45) is 0 Å². The molecular weight excluding hydrogens is 420 g/mol. The Bertz CT molecular complexity index is 1020. The normalized spacial score (nSPS) is 13.7. The summed E-state index contributed by atoms with van der Waals surface area (Å²) < 4.78 is 51.1. The van der Waals surface area contributed by atoms with Crippen LogP contribution in [0.25, 0.3) is 0 Å². The van der Waals surface area contributed by atoms with Crippen LogP contribution in [-0.4, -0.2) is 43.7 Å². The van der Waals surface area contributed by atoms with Crippen LogP contribution in [0.15, 0.2) is 36.4 Å². The molecule has 0 aromatic heterocycles. The molecule has 2 aromatic rings. The maximum Gasteiger partial charge on any atom is 0.405 e. The van der Waals surface area contributed by atoms with E-state index < -0.39 is 30.4 Å². The molecule has 0 unspecified atom stereocenters. The van der Waals surface area contributed by atoms with E-state index in [1.165, 1.54) is 24.0 Å². The average molecular weight is 438 g/mol. The lowest BCUT2D eigenvalue weighted by Crippen LogP contribution is -2.33. The van der Waals surface area contributed by atoms with E-state index in [-0.39, 0.29) is 28.4 Å². The molecule has 3 rings (SSSR count). The zero-order valence-corrected chi connectivity index (χ0v) is 16.3. The molecule has 0 bridgehead atoms. The molecule has 7 nitrogen and oxygen atoms in total. The van der Waals surface area contributed by atoms with Gasteiger partial charge in [-0.2, -0.15) is 13.2 Å². The highest BCUT2D eigenvalue weighted by molar-refractivity contribution is 6.06. The van der Waals surface area contributed by atoms with Crippen molar-refractivity contribution in [1.29, 1.82) is 0 Å². The second-order valence-corrected chi connectivity index (χ2v) is 6.81. The number of nitrogens with one attached hydrogen (secondary N) is 3. The van der Waals surface area contributed by atoms with E-state index in [0.717, 1.165) is 12.1 Å². The number of hydrogen-bond acceptors (Lipinski definition) is 3. The number of alkyl halides is 3. The van der Waals surface area contributed by atoms with Gasteiger partial charge in [0, 0.05) is 41.2 Å². The minimum Gasteiger partial charge on any atom is -0.343 e. The van der Waals surface area contributed by atoms with E-state index in [1.54, 1.807) is 17.4 Å². The van der Waals surface area contributed by atoms with E-state index in [1.807, 2.05) is 0 Å². The first-order valence-corrected chi connectivity index (χ1v) is 9.17. The van der Waals surface area contributed by atoms with Crippen molar-refractivity contribution in [3.63, 3.8) is 0 Å². The van der Waals surface area contributed by atoms with Crippen LogP contribution >= 0.6 is 0 Å². The van der Waals surface area contributed by atoms with Crippen LogP contribution in [0.2, 0.25) is 0 Å². The van der Waals surface area contributed by atoms with E-state index in [9.17, 15) is 31.9 Å². The Morgan fingerprint density at radius 2 is 1.77 bits per heavy atom. The summed E-state index contributed by atoms with van der Waals surface area (Å²) in [5.41, 5.74) is 0.404. The van der Waals surface area contributed by atoms with E-state index in [4.69, 9.17) is 0 Å². The van der Waals surface area contributed by atoms with Gasteiger partial charge in [-0.3, -0.25) is 14.5 Å². The van der Waals surface area contributed by atoms with Gasteiger partial charge < -0.3 is 16.0 Å². The molecule has 1 saturated heterocycles. The Morgan fingerprint density at radius 3 is 2.35 bits per heavy atom. The Kier molecular flexibility index (Phi) is 6.14. The van der Waals surface area contributed by atoms with Crippen LogP contribution in [0.3, 0.4) is 0 Å². The molecule has 0 spiro atoms. The first-order valence-electron chi connectivity index (χ1n) is 9.17.